The molecule has 2 heterocycles. The maximum Gasteiger partial charge on any atom is 0.229 e. The van der Waals surface area contributed by atoms with Gasteiger partial charge in [0.15, 0.2) is 0 Å². The molecule has 4 nitrogen and oxygen atoms in total. The van der Waals surface area contributed by atoms with E-state index >= 15 is 0 Å². The molecule has 2 N–H and O–H groups in total. The first-order valence-corrected chi connectivity index (χ1v) is 9.40. The summed E-state index contributed by atoms with van der Waals surface area (Å²) in [5.74, 6) is 0.0682. The van der Waals surface area contributed by atoms with E-state index in [4.69, 9.17) is 0 Å². The van der Waals surface area contributed by atoms with E-state index in [0.29, 0.717) is 17.7 Å². The van der Waals surface area contributed by atoms with Crippen molar-refractivity contribution in [1.29, 1.82) is 0 Å². The number of hydrogen-bond donors (Lipinski definition) is 2. The van der Waals surface area contributed by atoms with Crippen molar-refractivity contribution in [2.45, 2.75) is 6.42 Å². The van der Waals surface area contributed by atoms with Crippen LogP contribution in [0.1, 0.15) is 4.88 Å². The smallest absolute Gasteiger partial charge is 0.229 e. The number of benzene rings is 2. The zero-order valence-electron chi connectivity index (χ0n) is 13.1. The van der Waals surface area contributed by atoms with Gasteiger partial charge in [-0.25, -0.2) is 4.98 Å². The van der Waals surface area contributed by atoms with Gasteiger partial charge in [-0.05, 0) is 41.8 Å². The number of anilines is 1. The zero-order chi connectivity index (χ0) is 17.2. The molecule has 1 amide bonds. The predicted molar refractivity (Wildman–Crippen MR) is 103 cm³/mol. The largest absolute Gasteiger partial charge is 0.507 e. The molecule has 0 radical (unpaired) electrons. The van der Waals surface area contributed by atoms with Crippen LogP contribution in [0.25, 0.3) is 20.8 Å². The SMILES string of the molecule is O=C(Cc1cccs1)Nc1ccc(O)c(-c2nc3ccccc3s2)c1. The molecule has 0 atom stereocenters. The number of thiazole rings is 1. The first kappa shape index (κ1) is 15.8. The van der Waals surface area contributed by atoms with Gasteiger partial charge in [0.25, 0.3) is 0 Å². The number of aromatic hydroxyl groups is 1. The number of rotatable bonds is 4. The van der Waals surface area contributed by atoms with Gasteiger partial charge in [0.05, 0.1) is 22.2 Å². The van der Waals surface area contributed by atoms with Crippen LogP contribution < -0.4 is 5.32 Å². The number of fused-ring (bicyclic) bond motifs is 1. The summed E-state index contributed by atoms with van der Waals surface area (Å²) >= 11 is 3.07. The lowest BCUT2D eigenvalue weighted by atomic mass is 10.1. The van der Waals surface area contributed by atoms with Gasteiger partial charge >= 0.3 is 0 Å². The minimum Gasteiger partial charge on any atom is -0.507 e. The zero-order valence-corrected chi connectivity index (χ0v) is 14.7. The number of thiophene rings is 1. The van der Waals surface area contributed by atoms with E-state index in [9.17, 15) is 9.90 Å². The maximum absolute atomic E-state index is 12.2. The number of amides is 1. The van der Waals surface area contributed by atoms with Crippen LogP contribution in [0.3, 0.4) is 0 Å². The summed E-state index contributed by atoms with van der Waals surface area (Å²) < 4.78 is 1.06. The summed E-state index contributed by atoms with van der Waals surface area (Å²) in [4.78, 5) is 17.8. The second kappa shape index (κ2) is 6.66. The van der Waals surface area contributed by atoms with Crippen molar-refractivity contribution in [3.8, 4) is 16.3 Å². The summed E-state index contributed by atoms with van der Waals surface area (Å²) in [7, 11) is 0. The molecule has 2 aromatic heterocycles. The van der Waals surface area contributed by atoms with E-state index in [2.05, 4.69) is 10.3 Å². The van der Waals surface area contributed by atoms with Crippen molar-refractivity contribution in [3.63, 3.8) is 0 Å². The summed E-state index contributed by atoms with van der Waals surface area (Å²) in [6.07, 6.45) is 0.342. The topological polar surface area (TPSA) is 62.2 Å². The second-order valence-corrected chi connectivity index (χ2v) is 7.59. The van der Waals surface area contributed by atoms with Crippen molar-refractivity contribution in [3.05, 3.63) is 64.9 Å². The molecule has 4 rings (SSSR count). The first-order valence-electron chi connectivity index (χ1n) is 7.70. The van der Waals surface area contributed by atoms with E-state index < -0.39 is 0 Å². The van der Waals surface area contributed by atoms with Gasteiger partial charge in [0, 0.05) is 10.6 Å². The lowest BCUT2D eigenvalue weighted by Gasteiger charge is -2.07. The van der Waals surface area contributed by atoms with Gasteiger partial charge < -0.3 is 10.4 Å². The summed E-state index contributed by atoms with van der Waals surface area (Å²) in [6.45, 7) is 0. The number of phenolic OH excluding ortho intramolecular Hbond substituents is 1. The molecular weight excluding hydrogens is 352 g/mol. The summed E-state index contributed by atoms with van der Waals surface area (Å²) in [5, 5.41) is 15.8. The maximum atomic E-state index is 12.2. The molecule has 0 saturated heterocycles. The van der Waals surface area contributed by atoms with Gasteiger partial charge in [-0.1, -0.05) is 18.2 Å². The number of hydrogen-bond acceptors (Lipinski definition) is 5. The minimum absolute atomic E-state index is 0.0802. The standard InChI is InChI=1S/C19H14N2O2S2/c22-16-8-7-12(20-18(23)11-13-4-3-9-24-13)10-14(16)19-21-15-5-1-2-6-17(15)25-19/h1-10,22H,11H2,(H,20,23). The third kappa shape index (κ3) is 3.40. The monoisotopic (exact) mass is 366 g/mol. The Bertz CT molecular complexity index is 1010. The Morgan fingerprint density at radius 2 is 2.00 bits per heavy atom. The van der Waals surface area contributed by atoms with Crippen molar-refractivity contribution >= 4 is 44.5 Å². The van der Waals surface area contributed by atoms with Crippen LogP contribution in [-0.4, -0.2) is 16.0 Å². The summed E-state index contributed by atoms with van der Waals surface area (Å²) in [6, 6.07) is 16.8. The number of carbonyl (C=O) groups is 1. The van der Waals surface area contributed by atoms with Gasteiger partial charge in [-0.2, -0.15) is 0 Å². The number of nitrogens with zero attached hydrogens (tertiary/aromatic N) is 1. The fourth-order valence-corrected chi connectivity index (χ4v) is 4.24. The lowest BCUT2D eigenvalue weighted by Crippen LogP contribution is -2.13. The number of aromatic nitrogens is 1. The number of carbonyl (C=O) groups excluding carboxylic acids is 1. The van der Waals surface area contributed by atoms with Gasteiger partial charge in [0.1, 0.15) is 10.8 Å². The van der Waals surface area contributed by atoms with Crippen LogP contribution >= 0.6 is 22.7 Å². The fraction of sp³-hybridized carbons (Fsp3) is 0.0526. The van der Waals surface area contributed by atoms with Crippen LogP contribution in [0.15, 0.2) is 60.0 Å². The van der Waals surface area contributed by atoms with E-state index in [1.807, 2.05) is 41.8 Å². The number of nitrogens with one attached hydrogen (secondary N) is 1. The Balaban J connectivity index is 1.61. The predicted octanol–water partition coefficient (Wildman–Crippen LogP) is 4.91. The van der Waals surface area contributed by atoms with Crippen molar-refractivity contribution < 1.29 is 9.90 Å². The molecule has 0 aliphatic rings. The third-order valence-electron chi connectivity index (χ3n) is 3.72. The highest BCUT2D eigenvalue weighted by molar-refractivity contribution is 7.21. The molecule has 0 spiro atoms. The van der Waals surface area contributed by atoms with Crippen LogP contribution in [0.5, 0.6) is 5.75 Å². The molecule has 25 heavy (non-hydrogen) atoms. The summed E-state index contributed by atoms with van der Waals surface area (Å²) in [5.41, 5.74) is 2.16. The molecule has 0 saturated carbocycles. The van der Waals surface area contributed by atoms with E-state index in [-0.39, 0.29) is 11.7 Å². The van der Waals surface area contributed by atoms with Gasteiger partial charge in [-0.3, -0.25) is 4.79 Å². The number of phenols is 1. The third-order valence-corrected chi connectivity index (χ3v) is 5.67. The fourth-order valence-electron chi connectivity index (χ4n) is 2.55. The molecule has 2 aromatic carbocycles. The molecule has 0 aliphatic carbocycles. The highest BCUT2D eigenvalue weighted by atomic mass is 32.1. The first-order chi connectivity index (χ1) is 12.2. The van der Waals surface area contributed by atoms with Crippen LogP contribution in [0.2, 0.25) is 0 Å². The van der Waals surface area contributed by atoms with Crippen molar-refractivity contribution in [2.24, 2.45) is 0 Å². The Morgan fingerprint density at radius 1 is 1.12 bits per heavy atom. The van der Waals surface area contributed by atoms with Gasteiger partial charge in [0.2, 0.25) is 5.91 Å². The molecule has 124 valence electrons. The minimum atomic E-state index is -0.0802. The van der Waals surface area contributed by atoms with Crippen LogP contribution in [0.4, 0.5) is 5.69 Å². The molecule has 0 fully saturated rings. The lowest BCUT2D eigenvalue weighted by molar-refractivity contribution is -0.115. The molecule has 0 bridgehead atoms. The van der Waals surface area contributed by atoms with Crippen LogP contribution in [-0.2, 0) is 11.2 Å². The van der Waals surface area contributed by atoms with E-state index in [1.165, 1.54) is 11.3 Å². The molecule has 0 aliphatic heterocycles. The molecule has 4 aromatic rings. The Kier molecular flexibility index (Phi) is 4.21. The quantitative estimate of drug-likeness (QED) is 0.504. The average Bonchev–Trinajstić information content (AvgIpc) is 3.25. The highest BCUT2D eigenvalue weighted by Crippen LogP contribution is 2.36. The van der Waals surface area contributed by atoms with E-state index in [1.54, 1.807) is 29.5 Å². The van der Waals surface area contributed by atoms with Crippen LogP contribution in [0, 0.1) is 0 Å². The van der Waals surface area contributed by atoms with Crippen molar-refractivity contribution in [1.82, 2.24) is 4.98 Å². The second-order valence-electron chi connectivity index (χ2n) is 5.52. The average molecular weight is 366 g/mol. The highest BCUT2D eigenvalue weighted by Gasteiger charge is 2.12. The Labute approximate surface area is 152 Å². The Morgan fingerprint density at radius 3 is 2.80 bits per heavy atom. The molecule has 6 heteroatoms. The van der Waals surface area contributed by atoms with E-state index in [0.717, 1.165) is 20.1 Å². The molecular formula is C19H14N2O2S2. The number of para-hydroxylation sites is 1. The Hall–Kier alpha value is -2.70. The normalized spacial score (nSPS) is 10.9. The van der Waals surface area contributed by atoms with Gasteiger partial charge in [-0.15, -0.1) is 22.7 Å². The van der Waals surface area contributed by atoms with Crippen molar-refractivity contribution in [2.75, 3.05) is 5.32 Å². The molecule has 0 unspecified atom stereocenters.